The van der Waals surface area contributed by atoms with Crippen LogP contribution in [0.15, 0.2) is 23.1 Å². The van der Waals surface area contributed by atoms with Crippen molar-refractivity contribution in [3.63, 3.8) is 0 Å². The van der Waals surface area contributed by atoms with Crippen molar-refractivity contribution in [3.8, 4) is 0 Å². The van der Waals surface area contributed by atoms with Gasteiger partial charge >= 0.3 is 0 Å². The van der Waals surface area contributed by atoms with Crippen molar-refractivity contribution in [2.75, 3.05) is 13.1 Å². The third-order valence-electron chi connectivity index (χ3n) is 2.82. The molecule has 2 saturated heterocycles. The molecule has 2 rings (SSSR count). The molecule has 2 unspecified atom stereocenters. The molecule has 2 fully saturated rings. The fourth-order valence-electron chi connectivity index (χ4n) is 2.10. The molecule has 0 saturated carbocycles. The maximum atomic E-state index is 5.92. The van der Waals surface area contributed by atoms with Crippen molar-refractivity contribution in [1.82, 2.24) is 4.90 Å². The second-order valence-corrected chi connectivity index (χ2v) is 4.44. The highest BCUT2D eigenvalue weighted by Gasteiger charge is 2.33. The van der Waals surface area contributed by atoms with Crippen LogP contribution in [0.4, 0.5) is 0 Å². The Balaban J connectivity index is 1.99. The minimum absolute atomic E-state index is 0.245. The van der Waals surface area contributed by atoms with E-state index in [4.69, 9.17) is 27.8 Å². The van der Waals surface area contributed by atoms with Gasteiger partial charge in [0.25, 0.3) is 0 Å². The zero-order valence-corrected chi connectivity index (χ0v) is 9.28. The molecule has 5 heteroatoms. The first kappa shape index (κ1) is 10.6. The van der Waals surface area contributed by atoms with Crippen LogP contribution in [-0.4, -0.2) is 30.2 Å². The molecule has 2 aliphatic heterocycles. The molecule has 0 radical (unpaired) electrons. The number of allylic oxidation sites excluding steroid dienone is 2. The topological polar surface area (TPSA) is 64.5 Å². The molecule has 2 atom stereocenters. The van der Waals surface area contributed by atoms with Crippen LogP contribution in [0.25, 0.3) is 0 Å². The summed E-state index contributed by atoms with van der Waals surface area (Å²) in [5.74, 6) is 0.707. The van der Waals surface area contributed by atoms with Gasteiger partial charge in [0, 0.05) is 13.1 Å². The Hall–Kier alpha value is -0.870. The van der Waals surface area contributed by atoms with Crippen molar-refractivity contribution < 1.29 is 4.74 Å². The zero-order valence-electron chi connectivity index (χ0n) is 8.53. The molecule has 0 aromatic heterocycles. The summed E-state index contributed by atoms with van der Waals surface area (Å²) in [6.45, 7) is 1.74. The third-order valence-corrected chi connectivity index (χ3v) is 2.95. The van der Waals surface area contributed by atoms with Crippen molar-refractivity contribution in [2.24, 2.45) is 11.5 Å². The number of ether oxygens (including phenoxy) is 1. The Bertz CT molecular complexity index is 287. The number of fused-ring (bicyclic) bond motifs is 2. The first-order valence-electron chi connectivity index (χ1n) is 5.14. The summed E-state index contributed by atoms with van der Waals surface area (Å²) in [5, 5.41) is 0.245. The van der Waals surface area contributed by atoms with Gasteiger partial charge in [-0.1, -0.05) is 11.6 Å². The van der Waals surface area contributed by atoms with Gasteiger partial charge < -0.3 is 21.1 Å². The molecule has 2 bridgehead atoms. The smallest absolute Gasteiger partial charge is 0.0993 e. The van der Waals surface area contributed by atoms with E-state index in [1.807, 2.05) is 0 Å². The summed E-state index contributed by atoms with van der Waals surface area (Å²) < 4.78 is 5.71. The second-order valence-electron chi connectivity index (χ2n) is 4.01. The van der Waals surface area contributed by atoms with E-state index < -0.39 is 0 Å². The Morgan fingerprint density at radius 3 is 2.33 bits per heavy atom. The summed E-state index contributed by atoms with van der Waals surface area (Å²) >= 11 is 5.53. The van der Waals surface area contributed by atoms with Crippen LogP contribution in [0.1, 0.15) is 12.8 Å². The van der Waals surface area contributed by atoms with Crippen LogP contribution in [0.5, 0.6) is 0 Å². The average molecular weight is 230 g/mol. The van der Waals surface area contributed by atoms with Gasteiger partial charge in [0.2, 0.25) is 0 Å². The number of nitrogens with zero attached hydrogens (tertiary/aromatic N) is 1. The van der Waals surface area contributed by atoms with Crippen LogP contribution in [0.2, 0.25) is 0 Å². The SMILES string of the molecule is N/C(Cl)=C\C=C(/N)N1CC2CCC(C1)O2. The Morgan fingerprint density at radius 2 is 1.80 bits per heavy atom. The summed E-state index contributed by atoms with van der Waals surface area (Å²) in [5.41, 5.74) is 11.2. The van der Waals surface area contributed by atoms with E-state index in [9.17, 15) is 0 Å². The molecule has 2 aliphatic rings. The Labute approximate surface area is 94.5 Å². The highest BCUT2D eigenvalue weighted by atomic mass is 35.5. The van der Waals surface area contributed by atoms with Gasteiger partial charge in [-0.15, -0.1) is 0 Å². The number of hydrogen-bond acceptors (Lipinski definition) is 4. The van der Waals surface area contributed by atoms with Crippen LogP contribution in [0.3, 0.4) is 0 Å². The molecule has 0 amide bonds. The van der Waals surface area contributed by atoms with E-state index in [0.717, 1.165) is 25.9 Å². The second kappa shape index (κ2) is 4.33. The lowest BCUT2D eigenvalue weighted by Crippen LogP contribution is -2.43. The van der Waals surface area contributed by atoms with Crippen LogP contribution in [-0.2, 0) is 4.74 Å². The van der Waals surface area contributed by atoms with E-state index in [-0.39, 0.29) is 5.16 Å². The van der Waals surface area contributed by atoms with E-state index in [1.165, 1.54) is 0 Å². The first-order chi connectivity index (χ1) is 7.15. The molecular weight excluding hydrogens is 214 g/mol. The minimum Gasteiger partial charge on any atom is -0.389 e. The van der Waals surface area contributed by atoms with Gasteiger partial charge in [0.1, 0.15) is 0 Å². The molecule has 0 spiro atoms. The normalized spacial score (nSPS) is 32.2. The predicted octanol–water partition coefficient (Wildman–Crippen LogP) is 0.689. The summed E-state index contributed by atoms with van der Waals surface area (Å²) in [6.07, 6.45) is 6.31. The summed E-state index contributed by atoms with van der Waals surface area (Å²) in [4.78, 5) is 2.13. The standard InChI is InChI=1S/C10H16ClN3O/c11-9(12)3-4-10(13)14-5-7-1-2-8(6-14)15-7/h3-4,7-8H,1-2,5-6,12-13H2/b9-3-,10-4+. The third kappa shape index (κ3) is 2.58. The van der Waals surface area contributed by atoms with Gasteiger partial charge in [-0.3, -0.25) is 0 Å². The lowest BCUT2D eigenvalue weighted by Gasteiger charge is -2.33. The fourth-order valence-corrected chi connectivity index (χ4v) is 2.16. The van der Waals surface area contributed by atoms with Crippen molar-refractivity contribution in [3.05, 3.63) is 23.1 Å². The maximum absolute atomic E-state index is 5.92. The number of morpholine rings is 1. The average Bonchev–Trinajstić information content (AvgIpc) is 2.54. The van der Waals surface area contributed by atoms with Crippen molar-refractivity contribution in [1.29, 1.82) is 0 Å². The van der Waals surface area contributed by atoms with Gasteiger partial charge in [0.05, 0.1) is 23.2 Å². The van der Waals surface area contributed by atoms with Crippen LogP contribution >= 0.6 is 11.6 Å². The van der Waals surface area contributed by atoms with Gasteiger partial charge in [-0.2, -0.15) is 0 Å². The largest absolute Gasteiger partial charge is 0.389 e. The molecule has 0 aromatic rings. The van der Waals surface area contributed by atoms with E-state index in [0.29, 0.717) is 18.0 Å². The maximum Gasteiger partial charge on any atom is 0.0993 e. The van der Waals surface area contributed by atoms with E-state index >= 15 is 0 Å². The molecular formula is C10H16ClN3O. The Morgan fingerprint density at radius 1 is 1.20 bits per heavy atom. The van der Waals surface area contributed by atoms with Gasteiger partial charge in [-0.05, 0) is 25.0 Å². The number of rotatable bonds is 2. The predicted molar refractivity (Wildman–Crippen MR) is 59.9 cm³/mol. The van der Waals surface area contributed by atoms with E-state index in [2.05, 4.69) is 4.90 Å². The number of hydrogen-bond donors (Lipinski definition) is 2. The zero-order chi connectivity index (χ0) is 10.8. The first-order valence-corrected chi connectivity index (χ1v) is 5.52. The molecule has 0 aliphatic carbocycles. The highest BCUT2D eigenvalue weighted by Crippen LogP contribution is 2.27. The lowest BCUT2D eigenvalue weighted by molar-refractivity contribution is -0.0271. The van der Waals surface area contributed by atoms with Crippen LogP contribution in [0, 0.1) is 0 Å². The molecule has 15 heavy (non-hydrogen) atoms. The van der Waals surface area contributed by atoms with Gasteiger partial charge in [0.15, 0.2) is 0 Å². The van der Waals surface area contributed by atoms with Crippen molar-refractivity contribution in [2.45, 2.75) is 25.0 Å². The highest BCUT2D eigenvalue weighted by molar-refractivity contribution is 6.29. The van der Waals surface area contributed by atoms with Crippen LogP contribution < -0.4 is 11.5 Å². The number of likely N-dealkylation sites (tertiary alicyclic amines) is 1. The molecule has 4 N–H and O–H groups in total. The van der Waals surface area contributed by atoms with Gasteiger partial charge in [-0.25, -0.2) is 0 Å². The number of halogens is 1. The summed E-state index contributed by atoms with van der Waals surface area (Å²) in [7, 11) is 0. The van der Waals surface area contributed by atoms with Crippen molar-refractivity contribution >= 4 is 11.6 Å². The fraction of sp³-hybridized carbons (Fsp3) is 0.600. The number of nitrogens with two attached hydrogens (primary N) is 2. The Kier molecular flexibility index (Phi) is 3.07. The monoisotopic (exact) mass is 229 g/mol. The molecule has 84 valence electrons. The molecule has 0 aromatic carbocycles. The summed E-state index contributed by atoms with van der Waals surface area (Å²) in [6, 6.07) is 0. The molecule has 2 heterocycles. The quantitative estimate of drug-likeness (QED) is 0.540. The lowest BCUT2D eigenvalue weighted by atomic mass is 10.2. The van der Waals surface area contributed by atoms with E-state index in [1.54, 1.807) is 12.2 Å². The molecule has 4 nitrogen and oxygen atoms in total. The minimum atomic E-state index is 0.245.